The smallest absolute Gasteiger partial charge is 0.343 e. The number of para-hydroxylation sites is 6. The average molecular weight is 1360 g/mol. The number of hydrogen-bond acceptors (Lipinski definition) is 14. The van der Waals surface area contributed by atoms with Gasteiger partial charge in [-0.3, -0.25) is 0 Å². The second-order valence-corrected chi connectivity index (χ2v) is 22.3. The van der Waals surface area contributed by atoms with E-state index in [1.165, 1.54) is 28.4 Å². The normalized spacial score (nSPS) is 11.9. The van der Waals surface area contributed by atoms with E-state index >= 15 is 0 Å². The maximum absolute atomic E-state index is 12.9. The fourth-order valence-electron chi connectivity index (χ4n) is 10.1. The van der Waals surface area contributed by atoms with Crippen LogP contribution in [0.4, 0.5) is 0 Å². The Morgan fingerprint density at radius 3 is 0.643 bits per heavy atom. The summed E-state index contributed by atoms with van der Waals surface area (Å²) in [7, 11) is 5.26. The van der Waals surface area contributed by atoms with Crippen molar-refractivity contribution in [2.45, 2.75) is 51.7 Å². The number of fused-ring (bicyclic) bond motifs is 12. The lowest BCUT2D eigenvalue weighted by molar-refractivity contribution is -0.143. The summed E-state index contributed by atoms with van der Waals surface area (Å²) in [5, 5.41) is 0. The maximum atomic E-state index is 12.9. The summed E-state index contributed by atoms with van der Waals surface area (Å²) in [5.41, 5.74) is 11.2. The van der Waals surface area contributed by atoms with Gasteiger partial charge < -0.3 is 47.4 Å². The van der Waals surface area contributed by atoms with Gasteiger partial charge in [0.15, 0.2) is 26.4 Å². The summed E-state index contributed by atoms with van der Waals surface area (Å²) in [4.78, 5) is 51.7. The molecule has 84 heavy (non-hydrogen) atoms. The van der Waals surface area contributed by atoms with Gasteiger partial charge in [-0.1, -0.05) is 133 Å². The highest BCUT2D eigenvalue weighted by Gasteiger charge is 2.25. The Kier molecular flexibility index (Phi) is 21.2. The molecule has 12 bridgehead atoms. The summed E-state index contributed by atoms with van der Waals surface area (Å²) >= 11 is 4.56. The molecule has 0 aliphatic heterocycles. The third-order valence-corrected chi connectivity index (χ3v) is 15.6. The van der Waals surface area contributed by atoms with Crippen LogP contribution in [0, 0.1) is 7.14 Å². The highest BCUT2D eigenvalue weighted by atomic mass is 127. The van der Waals surface area contributed by atoms with Crippen LogP contribution in [0.3, 0.4) is 0 Å². The maximum Gasteiger partial charge on any atom is 0.343 e. The van der Waals surface area contributed by atoms with Crippen molar-refractivity contribution >= 4 is 69.1 Å². The molecule has 0 N–H and O–H groups in total. The van der Waals surface area contributed by atoms with Crippen LogP contribution in [-0.2, 0) is 89.9 Å². The predicted octanol–water partition coefficient (Wildman–Crippen LogP) is 12.1. The predicted molar refractivity (Wildman–Crippen MR) is 333 cm³/mol. The van der Waals surface area contributed by atoms with Gasteiger partial charge in [0, 0.05) is 45.7 Å². The largest absolute Gasteiger partial charge is 0.488 e. The molecule has 0 amide bonds. The van der Waals surface area contributed by atoms with Gasteiger partial charge in [-0.2, -0.15) is 0 Å². The first-order valence-electron chi connectivity index (χ1n) is 27.1. The van der Waals surface area contributed by atoms with Crippen LogP contribution in [0.5, 0.6) is 34.5 Å². The summed E-state index contributed by atoms with van der Waals surface area (Å²) in [6.07, 6.45) is 1.76. The fourth-order valence-corrected chi connectivity index (χ4v) is 10.8. The van der Waals surface area contributed by atoms with Gasteiger partial charge >= 0.3 is 23.9 Å². The lowest BCUT2D eigenvalue weighted by Crippen LogP contribution is -2.16. The van der Waals surface area contributed by atoms with Crippen molar-refractivity contribution in [2.24, 2.45) is 0 Å². The molecule has 14 nitrogen and oxygen atoms in total. The number of benzene rings is 8. The van der Waals surface area contributed by atoms with Crippen molar-refractivity contribution in [1.29, 1.82) is 0 Å². The molecule has 0 atom stereocenters. The van der Waals surface area contributed by atoms with Crippen LogP contribution in [0.2, 0.25) is 0 Å². The van der Waals surface area contributed by atoms with Crippen molar-refractivity contribution in [3.8, 4) is 34.5 Å². The zero-order valence-corrected chi connectivity index (χ0v) is 51.3. The molecule has 0 spiro atoms. The zero-order chi connectivity index (χ0) is 59.0. The number of hydrogen-bond donors (Lipinski definition) is 0. The third-order valence-electron chi connectivity index (χ3n) is 14.2. The van der Waals surface area contributed by atoms with E-state index in [0.717, 1.165) is 85.0 Å². The molecular weight excluding hydrogens is 1290 g/mol. The molecule has 0 unspecified atom stereocenters. The molecule has 9 rings (SSSR count). The van der Waals surface area contributed by atoms with Crippen molar-refractivity contribution in [3.63, 3.8) is 0 Å². The standard InChI is InChI=1S/C68H62I2O14/c1-75-59(71)39-81-65-49-15-7-19-53(65)35-54-20-8-16-50(66(54)82-40-60(72)76-2)33-47-13-6-14-48(64(47)80-38-44-25-29-58(70)30-26-44)34-52-18-10-22-56(68(52)84-42-62(74)78-4)36-55-21-9-17-51(67(55)83-41-61(73)77-3)32-46-12-5-11-45(31-49)63(46)79-37-43-23-27-57(69)28-24-43/h5-30H,31-42H2,1-4H3. The number of halogens is 2. The minimum atomic E-state index is -0.560. The molecule has 0 saturated heterocycles. The second kappa shape index (κ2) is 29.4. The number of methoxy groups -OCH3 is 4. The van der Waals surface area contributed by atoms with E-state index < -0.39 is 23.9 Å². The van der Waals surface area contributed by atoms with E-state index in [4.69, 9.17) is 47.4 Å². The van der Waals surface area contributed by atoms with Gasteiger partial charge in [0.1, 0.15) is 47.7 Å². The highest BCUT2D eigenvalue weighted by molar-refractivity contribution is 14.1. The van der Waals surface area contributed by atoms with E-state index in [1.54, 1.807) is 0 Å². The van der Waals surface area contributed by atoms with E-state index in [-0.39, 0.29) is 52.5 Å². The molecule has 16 heteroatoms. The monoisotopic (exact) mass is 1360 g/mol. The first kappa shape index (κ1) is 60.5. The van der Waals surface area contributed by atoms with Gasteiger partial charge in [0.25, 0.3) is 0 Å². The van der Waals surface area contributed by atoms with Gasteiger partial charge in [-0.25, -0.2) is 19.2 Å². The third kappa shape index (κ3) is 15.8. The summed E-state index contributed by atoms with van der Waals surface area (Å²) in [5.74, 6) is 0.897. The molecule has 8 aromatic rings. The van der Waals surface area contributed by atoms with Crippen molar-refractivity contribution < 1.29 is 66.5 Å². The Bertz CT molecular complexity index is 3220. The van der Waals surface area contributed by atoms with Crippen LogP contribution in [0.25, 0.3) is 0 Å². The molecule has 8 aromatic carbocycles. The second-order valence-electron chi connectivity index (χ2n) is 19.8. The lowest BCUT2D eigenvalue weighted by Gasteiger charge is -2.22. The number of carbonyl (C=O) groups is 4. The number of rotatable bonds is 18. The van der Waals surface area contributed by atoms with Crippen LogP contribution >= 0.6 is 45.2 Å². The number of carbonyl (C=O) groups excluding carboxylic acids is 4. The van der Waals surface area contributed by atoms with E-state index in [9.17, 15) is 19.2 Å². The van der Waals surface area contributed by atoms with Gasteiger partial charge in [0.2, 0.25) is 0 Å². The van der Waals surface area contributed by atoms with Crippen LogP contribution in [-0.4, -0.2) is 78.7 Å². The van der Waals surface area contributed by atoms with Gasteiger partial charge in [-0.05, 0) is 147 Å². The molecule has 1 aliphatic carbocycles. The van der Waals surface area contributed by atoms with Crippen molar-refractivity contribution in [1.82, 2.24) is 0 Å². The fraction of sp³-hybridized carbons (Fsp3) is 0.235. The van der Waals surface area contributed by atoms with E-state index in [1.807, 2.05) is 158 Å². The Balaban J connectivity index is 1.27. The first-order valence-corrected chi connectivity index (χ1v) is 29.2. The minimum Gasteiger partial charge on any atom is -0.488 e. The SMILES string of the molecule is COC(=O)COc1c2cccc1Cc1cccc(c1OCc1ccc(I)cc1)Cc1cccc(c1OCC(=O)OC)Cc1cccc(c1OCC(=O)OC)Cc1cccc(c1OCc1ccc(I)cc1)Cc1cccc(c1OCC(=O)OC)C2. The molecule has 0 aromatic heterocycles. The minimum absolute atomic E-state index is 0.248. The lowest BCUT2D eigenvalue weighted by atomic mass is 9.91. The Hall–Kier alpha value is -8.10. The number of ether oxygens (including phenoxy) is 10. The Labute approximate surface area is 515 Å². The zero-order valence-electron chi connectivity index (χ0n) is 47.0. The molecular formula is C68H62I2O14. The molecule has 0 saturated carbocycles. The highest BCUT2D eigenvalue weighted by Crippen LogP contribution is 2.41. The van der Waals surface area contributed by atoms with E-state index in [0.29, 0.717) is 60.2 Å². The topological polar surface area (TPSA) is 161 Å². The first-order chi connectivity index (χ1) is 40.9. The van der Waals surface area contributed by atoms with Crippen molar-refractivity contribution in [2.75, 3.05) is 54.9 Å². The van der Waals surface area contributed by atoms with Gasteiger partial charge in [-0.15, -0.1) is 0 Å². The Morgan fingerprint density at radius 1 is 0.286 bits per heavy atom. The van der Waals surface area contributed by atoms with E-state index in [2.05, 4.69) is 45.2 Å². The summed E-state index contributed by atoms with van der Waals surface area (Å²) < 4.78 is 62.4. The molecule has 432 valence electrons. The molecule has 1 aliphatic rings. The van der Waals surface area contributed by atoms with Crippen molar-refractivity contribution in [3.05, 3.63) is 243 Å². The van der Waals surface area contributed by atoms with Crippen LogP contribution < -0.4 is 28.4 Å². The molecule has 0 radical (unpaired) electrons. The average Bonchev–Trinajstić information content (AvgIpc) is 2.49. The summed E-state index contributed by atoms with van der Waals surface area (Å²) in [6.45, 7) is -0.961. The Morgan fingerprint density at radius 2 is 0.464 bits per heavy atom. The molecule has 0 fully saturated rings. The van der Waals surface area contributed by atoms with Crippen LogP contribution in [0.15, 0.2) is 158 Å². The van der Waals surface area contributed by atoms with Gasteiger partial charge in [0.05, 0.1) is 28.4 Å². The summed E-state index contributed by atoms with van der Waals surface area (Å²) in [6, 6.07) is 51.7. The number of esters is 4. The quantitative estimate of drug-likeness (QED) is 0.0453. The molecule has 0 heterocycles. The van der Waals surface area contributed by atoms with Crippen LogP contribution in [0.1, 0.15) is 77.9 Å².